The van der Waals surface area contributed by atoms with Crippen molar-refractivity contribution >= 4 is 11.6 Å². The monoisotopic (exact) mass is 334 g/mol. The maximum Gasteiger partial charge on any atom is 0.220 e. The molecule has 0 saturated heterocycles. The van der Waals surface area contributed by atoms with Crippen LogP contribution in [0.2, 0.25) is 0 Å². The Morgan fingerprint density at radius 3 is 3.00 bits per heavy atom. The van der Waals surface area contributed by atoms with Crippen molar-refractivity contribution in [3.05, 3.63) is 65.6 Å². The van der Waals surface area contributed by atoms with Gasteiger partial charge >= 0.3 is 0 Å². The van der Waals surface area contributed by atoms with Crippen molar-refractivity contribution < 1.29 is 4.79 Å². The molecule has 25 heavy (non-hydrogen) atoms. The maximum atomic E-state index is 12.2. The number of hydrogen-bond donors (Lipinski definition) is 1. The van der Waals surface area contributed by atoms with Crippen molar-refractivity contribution in [1.29, 1.82) is 0 Å². The summed E-state index contributed by atoms with van der Waals surface area (Å²) in [7, 11) is 0. The molecule has 0 fully saturated rings. The van der Waals surface area contributed by atoms with Gasteiger partial charge in [0.2, 0.25) is 5.91 Å². The van der Waals surface area contributed by atoms with Gasteiger partial charge in [-0.2, -0.15) is 0 Å². The van der Waals surface area contributed by atoms with E-state index in [4.69, 9.17) is 0 Å². The van der Waals surface area contributed by atoms with Gasteiger partial charge < -0.3 is 5.32 Å². The third-order valence-electron chi connectivity index (χ3n) is 4.97. The normalized spacial score (nSPS) is 16.1. The molecular weight excluding hydrogens is 312 g/mol. The summed E-state index contributed by atoms with van der Waals surface area (Å²) >= 11 is 0. The smallest absolute Gasteiger partial charge is 0.220 e. The Morgan fingerprint density at radius 2 is 2.04 bits per heavy atom. The first-order valence-corrected chi connectivity index (χ1v) is 8.94. The van der Waals surface area contributed by atoms with Gasteiger partial charge in [0.15, 0.2) is 5.65 Å². The molecule has 3 aromatic rings. The Labute approximate surface area is 147 Å². The van der Waals surface area contributed by atoms with Crippen molar-refractivity contribution in [2.24, 2.45) is 0 Å². The molecule has 1 aliphatic carbocycles. The molecule has 0 aliphatic heterocycles. The largest absolute Gasteiger partial charge is 0.356 e. The molecule has 2 heterocycles. The number of hydrogen-bond acceptors (Lipinski definition) is 3. The highest BCUT2D eigenvalue weighted by atomic mass is 16.1. The minimum absolute atomic E-state index is 0.146. The van der Waals surface area contributed by atoms with Crippen LogP contribution in [0.3, 0.4) is 0 Å². The topological polar surface area (TPSA) is 59.3 Å². The zero-order valence-corrected chi connectivity index (χ0v) is 14.2. The number of benzene rings is 1. The number of nitrogens with zero attached hydrogens (tertiary/aromatic N) is 3. The lowest BCUT2D eigenvalue weighted by Gasteiger charge is -2.11. The average molecular weight is 334 g/mol. The predicted molar refractivity (Wildman–Crippen MR) is 96.4 cm³/mol. The van der Waals surface area contributed by atoms with Gasteiger partial charge in [-0.05, 0) is 48.4 Å². The van der Waals surface area contributed by atoms with Crippen molar-refractivity contribution in [3.63, 3.8) is 0 Å². The fraction of sp³-hybridized carbons (Fsp3) is 0.350. The molecular formula is C20H22N4O. The molecule has 2 aromatic heterocycles. The van der Waals surface area contributed by atoms with Gasteiger partial charge in [0.1, 0.15) is 5.82 Å². The van der Waals surface area contributed by atoms with Gasteiger partial charge in [-0.25, -0.2) is 0 Å². The molecule has 5 heteroatoms. The van der Waals surface area contributed by atoms with Crippen LogP contribution in [-0.2, 0) is 17.6 Å². The zero-order valence-electron chi connectivity index (χ0n) is 14.2. The summed E-state index contributed by atoms with van der Waals surface area (Å²) in [5.74, 6) is 1.46. The van der Waals surface area contributed by atoms with E-state index in [-0.39, 0.29) is 5.91 Å². The molecule has 0 spiro atoms. The number of fused-ring (bicyclic) bond motifs is 2. The lowest BCUT2D eigenvalue weighted by atomic mass is 9.97. The second-order valence-corrected chi connectivity index (χ2v) is 6.64. The van der Waals surface area contributed by atoms with E-state index in [1.807, 2.05) is 28.8 Å². The van der Waals surface area contributed by atoms with Crippen LogP contribution >= 0.6 is 0 Å². The first-order chi connectivity index (χ1) is 12.3. The van der Waals surface area contributed by atoms with Crippen molar-refractivity contribution in [1.82, 2.24) is 19.9 Å². The van der Waals surface area contributed by atoms with Crippen LogP contribution < -0.4 is 5.32 Å². The Balaban J connectivity index is 1.25. The van der Waals surface area contributed by atoms with E-state index in [1.54, 1.807) is 0 Å². The Kier molecular flexibility index (Phi) is 4.46. The van der Waals surface area contributed by atoms with Gasteiger partial charge in [-0.15, -0.1) is 10.2 Å². The zero-order chi connectivity index (χ0) is 17.1. The van der Waals surface area contributed by atoms with E-state index in [1.165, 1.54) is 11.1 Å². The molecule has 5 nitrogen and oxygen atoms in total. The number of rotatable bonds is 6. The highest BCUT2D eigenvalue weighted by Gasteiger charge is 2.23. The summed E-state index contributed by atoms with van der Waals surface area (Å²) in [6.07, 6.45) is 6.40. The van der Waals surface area contributed by atoms with E-state index < -0.39 is 0 Å². The van der Waals surface area contributed by atoms with Gasteiger partial charge in [-0.1, -0.05) is 30.3 Å². The Bertz CT molecular complexity index is 886. The molecule has 1 atom stereocenters. The van der Waals surface area contributed by atoms with E-state index in [2.05, 4.69) is 39.8 Å². The molecule has 1 N–H and O–H groups in total. The molecule has 4 rings (SSSR count). The van der Waals surface area contributed by atoms with Crippen molar-refractivity contribution in [2.75, 3.05) is 6.54 Å². The third-order valence-corrected chi connectivity index (χ3v) is 4.97. The van der Waals surface area contributed by atoms with Crippen LogP contribution in [0.5, 0.6) is 0 Å². The van der Waals surface area contributed by atoms with Crippen molar-refractivity contribution in [2.45, 2.75) is 38.0 Å². The lowest BCUT2D eigenvalue weighted by Crippen LogP contribution is -2.26. The van der Waals surface area contributed by atoms with Gasteiger partial charge in [-0.3, -0.25) is 9.20 Å². The maximum absolute atomic E-state index is 12.2. The van der Waals surface area contributed by atoms with E-state index in [9.17, 15) is 4.79 Å². The van der Waals surface area contributed by atoms with Crippen LogP contribution in [0.15, 0.2) is 48.7 Å². The molecule has 1 aromatic carbocycles. The van der Waals surface area contributed by atoms with Crippen LogP contribution in [-0.4, -0.2) is 27.0 Å². The summed E-state index contributed by atoms with van der Waals surface area (Å²) < 4.78 is 2.00. The van der Waals surface area contributed by atoms with Crippen LogP contribution in [0, 0.1) is 0 Å². The molecule has 1 aliphatic rings. The first-order valence-electron chi connectivity index (χ1n) is 8.94. The molecule has 128 valence electrons. The minimum Gasteiger partial charge on any atom is -0.356 e. The lowest BCUT2D eigenvalue weighted by molar-refractivity contribution is -0.121. The summed E-state index contributed by atoms with van der Waals surface area (Å²) in [4.78, 5) is 12.2. The van der Waals surface area contributed by atoms with Gasteiger partial charge in [0.25, 0.3) is 0 Å². The van der Waals surface area contributed by atoms with Gasteiger partial charge in [0.05, 0.1) is 0 Å². The summed E-state index contributed by atoms with van der Waals surface area (Å²) in [5, 5.41) is 11.4. The molecule has 0 radical (unpaired) electrons. The highest BCUT2D eigenvalue weighted by molar-refractivity contribution is 5.77. The number of aryl methyl sites for hydroxylation is 2. The average Bonchev–Trinajstić information content (AvgIpc) is 3.24. The fourth-order valence-electron chi connectivity index (χ4n) is 3.69. The molecule has 1 unspecified atom stereocenters. The Hall–Kier alpha value is -2.69. The Morgan fingerprint density at radius 1 is 1.16 bits per heavy atom. The molecule has 1 amide bonds. The summed E-state index contributed by atoms with van der Waals surface area (Å²) in [5.41, 5.74) is 3.62. The first kappa shape index (κ1) is 15.8. The number of amides is 1. The number of nitrogens with one attached hydrogen (secondary N) is 1. The SMILES string of the molecule is O=C(CC1CCc2ccccc21)NCCCc1nnc2ccccn12. The predicted octanol–water partition coefficient (Wildman–Crippen LogP) is 2.90. The second kappa shape index (κ2) is 7.05. The van der Waals surface area contributed by atoms with E-state index >= 15 is 0 Å². The van der Waals surface area contributed by atoms with Crippen LogP contribution in [0.4, 0.5) is 0 Å². The quantitative estimate of drug-likeness (QED) is 0.705. The van der Waals surface area contributed by atoms with Crippen molar-refractivity contribution in [3.8, 4) is 0 Å². The number of carbonyl (C=O) groups excluding carboxylic acids is 1. The van der Waals surface area contributed by atoms with E-state index in [0.29, 0.717) is 18.9 Å². The second-order valence-electron chi connectivity index (χ2n) is 6.64. The van der Waals surface area contributed by atoms with E-state index in [0.717, 1.165) is 37.2 Å². The highest BCUT2D eigenvalue weighted by Crippen LogP contribution is 2.34. The third kappa shape index (κ3) is 3.40. The minimum atomic E-state index is 0.146. The van der Waals surface area contributed by atoms with Crippen LogP contribution in [0.25, 0.3) is 5.65 Å². The van der Waals surface area contributed by atoms with Crippen LogP contribution in [0.1, 0.15) is 42.1 Å². The fourth-order valence-corrected chi connectivity index (χ4v) is 3.69. The number of pyridine rings is 1. The number of carbonyl (C=O) groups is 1. The summed E-state index contributed by atoms with van der Waals surface area (Å²) in [6, 6.07) is 14.4. The summed E-state index contributed by atoms with van der Waals surface area (Å²) in [6.45, 7) is 0.676. The molecule has 0 bridgehead atoms. The number of aromatic nitrogens is 3. The van der Waals surface area contributed by atoms with Gasteiger partial charge in [0, 0.05) is 25.6 Å². The molecule has 0 saturated carbocycles. The standard InChI is InChI=1S/C20H22N4O/c25-20(14-16-11-10-15-6-1-2-7-17(15)16)21-12-5-9-19-23-22-18-8-3-4-13-24(18)19/h1-4,6-8,13,16H,5,9-12,14H2,(H,21,25).